The van der Waals surface area contributed by atoms with E-state index in [1.165, 1.54) is 0 Å². The lowest BCUT2D eigenvalue weighted by Gasteiger charge is -2.09. The number of sulfonamides is 1. The smallest absolute Gasteiger partial charge is 0.240 e. The Morgan fingerprint density at radius 2 is 1.90 bits per heavy atom. The van der Waals surface area contributed by atoms with Crippen LogP contribution in [-0.4, -0.2) is 34.2 Å². The van der Waals surface area contributed by atoms with Crippen molar-refractivity contribution in [1.29, 1.82) is 0 Å². The summed E-state index contributed by atoms with van der Waals surface area (Å²) in [4.78, 5) is 0.292. The van der Waals surface area contributed by atoms with Crippen molar-refractivity contribution in [2.24, 2.45) is 0 Å². The number of hydrogen-bond acceptors (Lipinski definition) is 4. The molecule has 1 aromatic rings. The molecule has 0 unspecified atom stereocenters. The highest BCUT2D eigenvalue weighted by Gasteiger charge is 2.27. The van der Waals surface area contributed by atoms with Crippen molar-refractivity contribution in [2.75, 3.05) is 19.7 Å². The SMILES string of the molecule is CCCNCCOc1ccc(S(=O)(=O)NC2CC2)cc1. The first kappa shape index (κ1) is 15.3. The summed E-state index contributed by atoms with van der Waals surface area (Å²) in [6.45, 7) is 4.46. The molecule has 1 aromatic carbocycles. The maximum absolute atomic E-state index is 12.0. The number of benzene rings is 1. The first-order valence-corrected chi connectivity index (χ1v) is 8.56. The summed E-state index contributed by atoms with van der Waals surface area (Å²) in [6.07, 6.45) is 2.97. The van der Waals surface area contributed by atoms with E-state index in [1.54, 1.807) is 24.3 Å². The standard InChI is InChI=1S/C14H22N2O3S/c1-2-9-15-10-11-19-13-5-7-14(8-6-13)20(17,18)16-12-3-4-12/h5-8,12,15-16H,2-4,9-11H2,1H3. The molecule has 0 aromatic heterocycles. The molecule has 2 rings (SSSR count). The van der Waals surface area contributed by atoms with Gasteiger partial charge >= 0.3 is 0 Å². The van der Waals surface area contributed by atoms with Gasteiger partial charge in [-0.3, -0.25) is 0 Å². The Balaban J connectivity index is 1.82. The summed E-state index contributed by atoms with van der Waals surface area (Å²) in [7, 11) is -3.36. The topological polar surface area (TPSA) is 67.4 Å². The largest absolute Gasteiger partial charge is 0.492 e. The molecule has 0 amide bonds. The van der Waals surface area contributed by atoms with Gasteiger partial charge in [0.15, 0.2) is 0 Å². The molecule has 20 heavy (non-hydrogen) atoms. The minimum Gasteiger partial charge on any atom is -0.492 e. The van der Waals surface area contributed by atoms with Crippen LogP contribution in [0.1, 0.15) is 26.2 Å². The highest BCUT2D eigenvalue weighted by molar-refractivity contribution is 7.89. The Kier molecular flexibility index (Phi) is 5.39. The van der Waals surface area contributed by atoms with Gasteiger partial charge in [-0.25, -0.2) is 13.1 Å². The minimum atomic E-state index is -3.36. The predicted octanol–water partition coefficient (Wildman–Crippen LogP) is 1.51. The molecule has 2 N–H and O–H groups in total. The van der Waals surface area contributed by atoms with Gasteiger partial charge in [0.25, 0.3) is 0 Å². The first-order chi connectivity index (χ1) is 9.62. The van der Waals surface area contributed by atoms with Crippen molar-refractivity contribution in [2.45, 2.75) is 37.1 Å². The highest BCUT2D eigenvalue weighted by atomic mass is 32.2. The van der Waals surface area contributed by atoms with E-state index in [9.17, 15) is 8.42 Å². The molecular formula is C14H22N2O3S. The second kappa shape index (κ2) is 7.06. The zero-order valence-corrected chi connectivity index (χ0v) is 12.6. The predicted molar refractivity (Wildman–Crippen MR) is 78.4 cm³/mol. The molecule has 0 spiro atoms. The summed E-state index contributed by atoms with van der Waals surface area (Å²) in [5.74, 6) is 0.689. The second-order valence-corrected chi connectivity index (χ2v) is 6.68. The van der Waals surface area contributed by atoms with E-state index in [-0.39, 0.29) is 6.04 Å². The van der Waals surface area contributed by atoms with E-state index >= 15 is 0 Å². The summed E-state index contributed by atoms with van der Waals surface area (Å²) >= 11 is 0. The van der Waals surface area contributed by atoms with Crippen LogP contribution < -0.4 is 14.8 Å². The molecule has 0 saturated heterocycles. The monoisotopic (exact) mass is 298 g/mol. The lowest BCUT2D eigenvalue weighted by Crippen LogP contribution is -2.25. The van der Waals surface area contributed by atoms with E-state index in [2.05, 4.69) is 17.0 Å². The van der Waals surface area contributed by atoms with Crippen LogP contribution in [-0.2, 0) is 10.0 Å². The molecule has 1 fully saturated rings. The van der Waals surface area contributed by atoms with Crippen molar-refractivity contribution < 1.29 is 13.2 Å². The molecule has 0 bridgehead atoms. The van der Waals surface area contributed by atoms with Crippen LogP contribution in [0, 0.1) is 0 Å². The van der Waals surface area contributed by atoms with Crippen molar-refractivity contribution in [1.82, 2.24) is 10.0 Å². The molecule has 0 atom stereocenters. The van der Waals surface area contributed by atoms with Gasteiger partial charge in [-0.1, -0.05) is 6.92 Å². The number of hydrogen-bond donors (Lipinski definition) is 2. The van der Waals surface area contributed by atoms with E-state index < -0.39 is 10.0 Å². The Hall–Kier alpha value is -1.11. The molecule has 0 heterocycles. The Morgan fingerprint density at radius 3 is 2.50 bits per heavy atom. The third kappa shape index (κ3) is 4.77. The van der Waals surface area contributed by atoms with E-state index in [0.29, 0.717) is 17.3 Å². The fourth-order valence-corrected chi connectivity index (χ4v) is 3.05. The molecule has 1 aliphatic rings. The number of nitrogens with one attached hydrogen (secondary N) is 2. The second-order valence-electron chi connectivity index (χ2n) is 4.97. The summed E-state index contributed by atoms with van der Waals surface area (Å²) in [6, 6.07) is 6.68. The van der Waals surface area contributed by atoms with Crippen LogP contribution in [0.15, 0.2) is 29.2 Å². The van der Waals surface area contributed by atoms with Crippen LogP contribution in [0.5, 0.6) is 5.75 Å². The Labute approximate surface area is 120 Å². The average Bonchev–Trinajstić information content (AvgIpc) is 3.22. The van der Waals surface area contributed by atoms with E-state index in [1.807, 2.05) is 0 Å². The minimum absolute atomic E-state index is 0.126. The lowest BCUT2D eigenvalue weighted by molar-refractivity contribution is 0.314. The Morgan fingerprint density at radius 1 is 1.20 bits per heavy atom. The zero-order chi connectivity index (χ0) is 14.4. The summed E-state index contributed by atoms with van der Waals surface area (Å²) in [5, 5.41) is 3.24. The number of rotatable bonds is 9. The number of ether oxygens (including phenoxy) is 1. The van der Waals surface area contributed by atoms with Gasteiger partial charge in [0.05, 0.1) is 4.90 Å². The van der Waals surface area contributed by atoms with Gasteiger partial charge < -0.3 is 10.1 Å². The normalized spacial score (nSPS) is 15.2. The van der Waals surface area contributed by atoms with Gasteiger partial charge in [0.1, 0.15) is 12.4 Å². The van der Waals surface area contributed by atoms with Crippen LogP contribution in [0.25, 0.3) is 0 Å². The maximum Gasteiger partial charge on any atom is 0.240 e. The molecule has 112 valence electrons. The molecule has 6 heteroatoms. The van der Waals surface area contributed by atoms with Crippen LogP contribution >= 0.6 is 0 Å². The Bertz CT molecular complexity index is 510. The van der Waals surface area contributed by atoms with Gasteiger partial charge in [-0.2, -0.15) is 0 Å². The third-order valence-corrected chi connectivity index (χ3v) is 4.54. The van der Waals surface area contributed by atoms with Crippen LogP contribution in [0.3, 0.4) is 0 Å². The average molecular weight is 298 g/mol. The molecule has 0 radical (unpaired) electrons. The van der Waals surface area contributed by atoms with Gasteiger partial charge in [0.2, 0.25) is 10.0 Å². The van der Waals surface area contributed by atoms with Gasteiger partial charge in [-0.15, -0.1) is 0 Å². The fraction of sp³-hybridized carbons (Fsp3) is 0.571. The quantitative estimate of drug-likeness (QED) is 0.678. The molecule has 1 aliphatic carbocycles. The van der Waals surface area contributed by atoms with Crippen molar-refractivity contribution >= 4 is 10.0 Å². The van der Waals surface area contributed by atoms with Gasteiger partial charge in [-0.05, 0) is 50.1 Å². The van der Waals surface area contributed by atoms with Crippen LogP contribution in [0.2, 0.25) is 0 Å². The molecular weight excluding hydrogens is 276 g/mol. The summed E-state index contributed by atoms with van der Waals surface area (Å²) < 4.78 is 32.1. The maximum atomic E-state index is 12.0. The summed E-state index contributed by atoms with van der Waals surface area (Å²) in [5.41, 5.74) is 0. The van der Waals surface area contributed by atoms with E-state index in [0.717, 1.165) is 32.4 Å². The van der Waals surface area contributed by atoms with Gasteiger partial charge in [0, 0.05) is 12.6 Å². The third-order valence-electron chi connectivity index (χ3n) is 3.01. The highest BCUT2D eigenvalue weighted by Crippen LogP contribution is 2.23. The van der Waals surface area contributed by atoms with Crippen molar-refractivity contribution in [3.05, 3.63) is 24.3 Å². The van der Waals surface area contributed by atoms with Crippen LogP contribution in [0.4, 0.5) is 0 Å². The van der Waals surface area contributed by atoms with E-state index in [4.69, 9.17) is 4.74 Å². The molecule has 5 nitrogen and oxygen atoms in total. The fourth-order valence-electron chi connectivity index (χ4n) is 1.75. The molecule has 0 aliphatic heterocycles. The van der Waals surface area contributed by atoms with Crippen molar-refractivity contribution in [3.8, 4) is 5.75 Å². The molecule has 1 saturated carbocycles. The van der Waals surface area contributed by atoms with Crippen molar-refractivity contribution in [3.63, 3.8) is 0 Å². The lowest BCUT2D eigenvalue weighted by atomic mass is 10.3. The zero-order valence-electron chi connectivity index (χ0n) is 11.8. The first-order valence-electron chi connectivity index (χ1n) is 7.08.